The molecule has 1 unspecified atom stereocenters. The molecule has 104 valence electrons. The second-order valence-electron chi connectivity index (χ2n) is 4.25. The minimum atomic E-state index is -3.68. The third kappa shape index (κ3) is 2.80. The smallest absolute Gasteiger partial charge is 0.395 e. The van der Waals surface area contributed by atoms with Crippen molar-refractivity contribution in [3.63, 3.8) is 0 Å². The van der Waals surface area contributed by atoms with Crippen molar-refractivity contribution in [1.82, 2.24) is 4.98 Å². The first-order valence-corrected chi connectivity index (χ1v) is 7.74. The molecule has 0 saturated heterocycles. The lowest BCUT2D eigenvalue weighted by atomic mass is 10.3. The fourth-order valence-corrected chi connectivity index (χ4v) is 3.08. The van der Waals surface area contributed by atoms with E-state index in [1.165, 1.54) is 0 Å². The topological polar surface area (TPSA) is 57.7 Å². The highest BCUT2D eigenvalue weighted by atomic mass is 35.5. The summed E-state index contributed by atoms with van der Waals surface area (Å²) in [6.45, 7) is 1.95. The summed E-state index contributed by atoms with van der Waals surface area (Å²) >= 11 is 5.78. The number of phosphoric ester groups is 1. The van der Waals surface area contributed by atoms with E-state index in [9.17, 15) is 4.57 Å². The fraction of sp³-hybridized carbons (Fsp3) is 0.154. The molecule has 0 amide bonds. The van der Waals surface area contributed by atoms with Gasteiger partial charge >= 0.3 is 7.82 Å². The first-order valence-electron chi connectivity index (χ1n) is 5.90. The van der Waals surface area contributed by atoms with Gasteiger partial charge in [-0.1, -0.05) is 11.6 Å². The summed E-state index contributed by atoms with van der Waals surface area (Å²) in [5.74, 6) is 0.778. The Balaban J connectivity index is 1.82. The first-order chi connectivity index (χ1) is 9.54. The Labute approximate surface area is 121 Å². The molecule has 2 aromatic rings. The maximum Gasteiger partial charge on any atom is 0.588 e. The van der Waals surface area contributed by atoms with E-state index < -0.39 is 7.82 Å². The van der Waals surface area contributed by atoms with Gasteiger partial charge in [0.1, 0.15) is 18.1 Å². The van der Waals surface area contributed by atoms with Gasteiger partial charge in [0.25, 0.3) is 0 Å². The SMILES string of the molecule is Cc1ccc2c(n1)COP(=O)(Oc1ccc(Cl)cc1)O2. The van der Waals surface area contributed by atoms with Crippen LogP contribution in [0.15, 0.2) is 36.4 Å². The maximum absolute atomic E-state index is 12.4. The molecule has 0 aliphatic carbocycles. The molecule has 7 heteroatoms. The molecule has 1 aliphatic heterocycles. The van der Waals surface area contributed by atoms with Gasteiger partial charge in [-0.2, -0.15) is 0 Å². The van der Waals surface area contributed by atoms with E-state index in [2.05, 4.69) is 4.98 Å². The summed E-state index contributed by atoms with van der Waals surface area (Å²) in [4.78, 5) is 4.25. The monoisotopic (exact) mass is 311 g/mol. The average molecular weight is 312 g/mol. The van der Waals surface area contributed by atoms with Crippen LogP contribution in [-0.4, -0.2) is 4.98 Å². The van der Waals surface area contributed by atoms with Crippen molar-refractivity contribution in [2.75, 3.05) is 0 Å². The highest BCUT2D eigenvalue weighted by Crippen LogP contribution is 2.53. The van der Waals surface area contributed by atoms with E-state index in [-0.39, 0.29) is 6.61 Å². The van der Waals surface area contributed by atoms with Crippen molar-refractivity contribution < 1.29 is 18.1 Å². The van der Waals surface area contributed by atoms with E-state index in [0.717, 1.165) is 5.69 Å². The van der Waals surface area contributed by atoms with E-state index in [4.69, 9.17) is 25.2 Å². The largest absolute Gasteiger partial charge is 0.588 e. The van der Waals surface area contributed by atoms with Crippen LogP contribution in [0.3, 0.4) is 0 Å². The number of halogens is 1. The van der Waals surface area contributed by atoms with Crippen molar-refractivity contribution in [3.05, 3.63) is 52.8 Å². The van der Waals surface area contributed by atoms with Crippen molar-refractivity contribution in [2.24, 2.45) is 0 Å². The number of aromatic nitrogens is 1. The Morgan fingerprint density at radius 2 is 2.00 bits per heavy atom. The lowest BCUT2D eigenvalue weighted by Gasteiger charge is -2.24. The van der Waals surface area contributed by atoms with Gasteiger partial charge in [-0.15, -0.1) is 0 Å². The molecule has 0 fully saturated rings. The molecule has 1 aromatic heterocycles. The van der Waals surface area contributed by atoms with E-state index in [1.54, 1.807) is 36.4 Å². The van der Waals surface area contributed by atoms with E-state index >= 15 is 0 Å². The minimum Gasteiger partial charge on any atom is -0.395 e. The molecule has 1 atom stereocenters. The van der Waals surface area contributed by atoms with Gasteiger partial charge in [0, 0.05) is 10.7 Å². The van der Waals surface area contributed by atoms with Gasteiger partial charge in [-0.3, -0.25) is 9.51 Å². The number of pyridine rings is 1. The van der Waals surface area contributed by atoms with Gasteiger partial charge in [0.15, 0.2) is 5.75 Å². The van der Waals surface area contributed by atoms with Crippen molar-refractivity contribution in [1.29, 1.82) is 0 Å². The summed E-state index contributed by atoms with van der Waals surface area (Å²) in [7, 11) is -3.68. The molecular weight excluding hydrogens is 301 g/mol. The van der Waals surface area contributed by atoms with Gasteiger partial charge < -0.3 is 9.05 Å². The molecule has 20 heavy (non-hydrogen) atoms. The number of aryl methyl sites for hydroxylation is 1. The highest BCUT2D eigenvalue weighted by molar-refractivity contribution is 7.49. The van der Waals surface area contributed by atoms with E-state index in [1.807, 2.05) is 6.92 Å². The van der Waals surface area contributed by atoms with Crippen molar-refractivity contribution in [3.8, 4) is 11.5 Å². The minimum absolute atomic E-state index is 0.0852. The molecule has 0 N–H and O–H groups in total. The highest BCUT2D eigenvalue weighted by Gasteiger charge is 2.36. The number of nitrogens with zero attached hydrogens (tertiary/aromatic N) is 1. The lowest BCUT2D eigenvalue weighted by molar-refractivity contribution is 0.178. The molecule has 2 heterocycles. The van der Waals surface area contributed by atoms with Crippen LogP contribution in [0.2, 0.25) is 5.02 Å². The zero-order valence-corrected chi connectivity index (χ0v) is 12.2. The quantitative estimate of drug-likeness (QED) is 0.780. The van der Waals surface area contributed by atoms with Crippen LogP contribution in [0.25, 0.3) is 0 Å². The Bertz CT molecular complexity index is 689. The average Bonchev–Trinajstić information content (AvgIpc) is 2.42. The second kappa shape index (κ2) is 5.09. The van der Waals surface area contributed by atoms with Crippen LogP contribution in [0.4, 0.5) is 0 Å². The van der Waals surface area contributed by atoms with Crippen LogP contribution in [0.1, 0.15) is 11.4 Å². The number of fused-ring (bicyclic) bond motifs is 1. The molecule has 5 nitrogen and oxygen atoms in total. The van der Waals surface area contributed by atoms with Crippen molar-refractivity contribution in [2.45, 2.75) is 13.5 Å². The van der Waals surface area contributed by atoms with Gasteiger partial charge in [-0.05, 0) is 43.3 Å². The maximum atomic E-state index is 12.4. The number of hydrogen-bond acceptors (Lipinski definition) is 5. The Kier molecular flexibility index (Phi) is 3.42. The number of phosphoric acid groups is 1. The van der Waals surface area contributed by atoms with Gasteiger partial charge in [0.05, 0.1) is 0 Å². The number of benzene rings is 1. The van der Waals surface area contributed by atoms with E-state index in [0.29, 0.717) is 22.2 Å². The number of rotatable bonds is 2. The summed E-state index contributed by atoms with van der Waals surface area (Å²) in [6.07, 6.45) is 0. The first kappa shape index (κ1) is 13.4. The van der Waals surface area contributed by atoms with Crippen LogP contribution in [0, 0.1) is 6.92 Å². The molecule has 0 spiro atoms. The van der Waals surface area contributed by atoms with Crippen LogP contribution >= 0.6 is 19.4 Å². The zero-order chi connectivity index (χ0) is 14.2. The van der Waals surface area contributed by atoms with Crippen LogP contribution in [0.5, 0.6) is 11.5 Å². The standard InChI is InChI=1S/C13H11ClNO4P/c1-9-2-7-13-12(15-9)8-17-20(16,19-13)18-11-5-3-10(14)4-6-11/h2-7H,8H2,1H3. The number of hydrogen-bond donors (Lipinski definition) is 0. The van der Waals surface area contributed by atoms with Crippen molar-refractivity contribution >= 4 is 19.4 Å². The lowest BCUT2D eigenvalue weighted by Crippen LogP contribution is -2.13. The molecule has 1 aliphatic rings. The van der Waals surface area contributed by atoms with Gasteiger partial charge in [-0.25, -0.2) is 4.57 Å². The summed E-state index contributed by atoms with van der Waals surface area (Å²) in [6, 6.07) is 9.93. The molecule has 3 rings (SSSR count). The molecule has 0 bridgehead atoms. The summed E-state index contributed by atoms with van der Waals surface area (Å²) in [5.41, 5.74) is 1.45. The Morgan fingerprint density at radius 1 is 1.25 bits per heavy atom. The third-order valence-corrected chi connectivity index (χ3v) is 4.22. The van der Waals surface area contributed by atoms with Gasteiger partial charge in [0.2, 0.25) is 0 Å². The molecule has 1 aromatic carbocycles. The predicted octanol–water partition coefficient (Wildman–Crippen LogP) is 4.14. The van der Waals surface area contributed by atoms with Crippen LogP contribution in [-0.2, 0) is 15.7 Å². The molecular formula is C13H11ClNO4P. The summed E-state index contributed by atoms with van der Waals surface area (Å²) in [5, 5.41) is 0.561. The predicted molar refractivity (Wildman–Crippen MR) is 74.1 cm³/mol. The molecule has 0 saturated carbocycles. The third-order valence-electron chi connectivity index (χ3n) is 2.67. The normalized spacial score (nSPS) is 20.9. The Morgan fingerprint density at radius 3 is 2.75 bits per heavy atom. The molecule has 0 radical (unpaired) electrons. The zero-order valence-electron chi connectivity index (χ0n) is 10.6. The Hall–Kier alpha value is -1.55. The second-order valence-corrected chi connectivity index (χ2v) is 6.21. The van der Waals surface area contributed by atoms with Crippen LogP contribution < -0.4 is 9.05 Å². The fourth-order valence-electron chi connectivity index (χ4n) is 1.74. The summed E-state index contributed by atoms with van der Waals surface area (Å²) < 4.78 is 28.2.